The molecule has 4 aromatic rings. The van der Waals surface area contributed by atoms with Gasteiger partial charge in [0.25, 0.3) is 10.9 Å². The van der Waals surface area contributed by atoms with E-state index in [1.807, 2.05) is 24.3 Å². The fourth-order valence-electron chi connectivity index (χ4n) is 2.29. The summed E-state index contributed by atoms with van der Waals surface area (Å²) < 4.78 is 7.56. The van der Waals surface area contributed by atoms with Gasteiger partial charge in [-0.05, 0) is 23.1 Å². The lowest BCUT2D eigenvalue weighted by atomic mass is 10.2. The molecule has 0 unspecified atom stereocenters. The fraction of sp³-hybridized carbons (Fsp3) is 0.0714. The zero-order valence-corrected chi connectivity index (χ0v) is 14.8. The second-order valence-electron chi connectivity index (χ2n) is 4.98. The molecule has 0 amide bonds. The molecule has 9 nitrogen and oxygen atoms in total. The minimum absolute atomic E-state index is 0.119. The zero-order chi connectivity index (χ0) is 17.4. The molecule has 0 aliphatic heterocycles. The molecule has 0 bridgehead atoms. The summed E-state index contributed by atoms with van der Waals surface area (Å²) in [6, 6.07) is 7.47. The van der Waals surface area contributed by atoms with Crippen LogP contribution in [0.15, 0.2) is 44.8 Å². The van der Waals surface area contributed by atoms with Crippen LogP contribution in [0.2, 0.25) is 0 Å². The molecule has 25 heavy (non-hydrogen) atoms. The van der Waals surface area contributed by atoms with Crippen LogP contribution in [-0.2, 0) is 6.54 Å². The van der Waals surface area contributed by atoms with Gasteiger partial charge in [0.15, 0.2) is 5.82 Å². The van der Waals surface area contributed by atoms with Crippen molar-refractivity contribution in [3.8, 4) is 11.5 Å². The SMILES string of the molecule is O=[N+]([O-])c1c(NCc2noc(-c3cccc(Br)c3)n2)nc2sccn12. The molecule has 0 saturated heterocycles. The van der Waals surface area contributed by atoms with Gasteiger partial charge in [-0.2, -0.15) is 14.4 Å². The lowest BCUT2D eigenvalue weighted by Crippen LogP contribution is -2.04. The minimum atomic E-state index is -0.474. The first-order valence-corrected chi connectivity index (χ1v) is 8.71. The van der Waals surface area contributed by atoms with Crippen LogP contribution in [-0.4, -0.2) is 24.4 Å². The first kappa shape index (κ1) is 15.7. The highest BCUT2D eigenvalue weighted by Crippen LogP contribution is 2.28. The molecule has 3 aromatic heterocycles. The van der Waals surface area contributed by atoms with Gasteiger partial charge in [0.05, 0.1) is 6.54 Å². The van der Waals surface area contributed by atoms with Crippen LogP contribution >= 0.6 is 27.3 Å². The lowest BCUT2D eigenvalue weighted by Gasteiger charge is -1.99. The molecule has 0 spiro atoms. The standard InChI is InChI=1S/C14H9BrN6O3S/c15-9-3-1-2-8(6-9)12-17-10(19-24-12)7-16-11-13(21(22)23)20-4-5-25-14(20)18-11/h1-6,16H,7H2. The van der Waals surface area contributed by atoms with Crippen molar-refractivity contribution in [1.82, 2.24) is 19.5 Å². The quantitative estimate of drug-likeness (QED) is 0.386. The number of hydrogen-bond donors (Lipinski definition) is 1. The summed E-state index contributed by atoms with van der Waals surface area (Å²) in [6.45, 7) is 0.156. The summed E-state index contributed by atoms with van der Waals surface area (Å²) in [7, 11) is 0. The molecule has 4 rings (SSSR count). The molecular weight excluding hydrogens is 412 g/mol. The molecule has 0 aliphatic carbocycles. The normalized spacial score (nSPS) is 11.1. The zero-order valence-electron chi connectivity index (χ0n) is 12.4. The van der Waals surface area contributed by atoms with Crippen LogP contribution in [0.1, 0.15) is 5.82 Å². The third kappa shape index (κ3) is 2.98. The molecule has 126 valence electrons. The van der Waals surface area contributed by atoms with Crippen LogP contribution in [0.25, 0.3) is 16.4 Å². The van der Waals surface area contributed by atoms with E-state index in [0.29, 0.717) is 16.7 Å². The lowest BCUT2D eigenvalue weighted by molar-refractivity contribution is -0.389. The van der Waals surface area contributed by atoms with E-state index in [1.165, 1.54) is 15.7 Å². The van der Waals surface area contributed by atoms with Gasteiger partial charge in [0, 0.05) is 15.4 Å². The number of anilines is 1. The van der Waals surface area contributed by atoms with Gasteiger partial charge >= 0.3 is 5.82 Å². The van der Waals surface area contributed by atoms with Gasteiger partial charge in [-0.3, -0.25) is 0 Å². The van der Waals surface area contributed by atoms with Crippen molar-refractivity contribution in [2.75, 3.05) is 5.32 Å². The summed E-state index contributed by atoms with van der Waals surface area (Å²) in [5.41, 5.74) is 0.779. The van der Waals surface area contributed by atoms with E-state index in [2.05, 4.69) is 36.4 Å². The summed E-state index contributed by atoms with van der Waals surface area (Å²) in [6.07, 6.45) is 1.61. The van der Waals surface area contributed by atoms with Crippen molar-refractivity contribution in [3.63, 3.8) is 0 Å². The van der Waals surface area contributed by atoms with Crippen molar-refractivity contribution in [2.24, 2.45) is 0 Å². The van der Waals surface area contributed by atoms with Crippen molar-refractivity contribution in [2.45, 2.75) is 6.54 Å². The van der Waals surface area contributed by atoms with E-state index >= 15 is 0 Å². The van der Waals surface area contributed by atoms with Crippen molar-refractivity contribution in [3.05, 3.63) is 56.3 Å². The second kappa shape index (κ2) is 6.26. The monoisotopic (exact) mass is 420 g/mol. The molecule has 11 heteroatoms. The number of imidazole rings is 1. The maximum Gasteiger partial charge on any atom is 0.372 e. The van der Waals surface area contributed by atoms with Gasteiger partial charge in [0.2, 0.25) is 5.82 Å². The van der Waals surface area contributed by atoms with Crippen LogP contribution in [0.3, 0.4) is 0 Å². The van der Waals surface area contributed by atoms with Gasteiger partial charge in [0.1, 0.15) is 6.20 Å². The molecular formula is C14H9BrN6O3S. The summed E-state index contributed by atoms with van der Waals surface area (Å²) >= 11 is 4.70. The van der Waals surface area contributed by atoms with Crippen molar-refractivity contribution >= 4 is 43.9 Å². The van der Waals surface area contributed by atoms with Gasteiger partial charge < -0.3 is 20.0 Å². The predicted molar refractivity (Wildman–Crippen MR) is 94.5 cm³/mol. The van der Waals surface area contributed by atoms with Crippen LogP contribution in [0.5, 0.6) is 0 Å². The Hall–Kier alpha value is -2.79. The average Bonchev–Trinajstić information content (AvgIpc) is 3.28. The third-order valence-electron chi connectivity index (χ3n) is 3.36. The third-order valence-corrected chi connectivity index (χ3v) is 4.61. The van der Waals surface area contributed by atoms with E-state index in [9.17, 15) is 10.1 Å². The number of hydrogen-bond acceptors (Lipinski definition) is 8. The topological polar surface area (TPSA) is 111 Å². The summed E-state index contributed by atoms with van der Waals surface area (Å²) in [5, 5.41) is 19.8. The largest absolute Gasteiger partial charge is 0.372 e. The molecule has 0 fully saturated rings. The van der Waals surface area contributed by atoms with E-state index < -0.39 is 4.92 Å². The highest BCUT2D eigenvalue weighted by atomic mass is 79.9. The Bertz CT molecular complexity index is 1070. The van der Waals surface area contributed by atoms with Crippen LogP contribution in [0.4, 0.5) is 11.6 Å². The maximum atomic E-state index is 11.3. The molecule has 0 saturated carbocycles. The number of rotatable bonds is 5. The van der Waals surface area contributed by atoms with E-state index in [1.54, 1.807) is 11.6 Å². The van der Waals surface area contributed by atoms with Crippen molar-refractivity contribution < 1.29 is 9.45 Å². The number of halogens is 1. The molecule has 0 radical (unpaired) electrons. The number of thiazole rings is 1. The van der Waals surface area contributed by atoms with Gasteiger partial charge in [-0.25, -0.2) is 0 Å². The fourth-order valence-corrected chi connectivity index (χ4v) is 3.40. The first-order chi connectivity index (χ1) is 12.1. The smallest absolute Gasteiger partial charge is 0.358 e. The Balaban J connectivity index is 1.55. The molecule has 1 aromatic carbocycles. The number of nitrogens with one attached hydrogen (secondary N) is 1. The highest BCUT2D eigenvalue weighted by molar-refractivity contribution is 9.10. The summed E-state index contributed by atoms with van der Waals surface area (Å²) in [4.78, 5) is 19.9. The van der Waals surface area contributed by atoms with Crippen molar-refractivity contribution in [1.29, 1.82) is 0 Å². The number of benzene rings is 1. The van der Waals surface area contributed by atoms with E-state index in [4.69, 9.17) is 4.52 Å². The van der Waals surface area contributed by atoms with Gasteiger partial charge in [-0.1, -0.05) is 38.5 Å². The maximum absolute atomic E-state index is 11.3. The molecule has 1 N–H and O–H groups in total. The molecule has 0 atom stereocenters. The Labute approximate surface area is 152 Å². The Morgan fingerprint density at radius 3 is 3.08 bits per heavy atom. The molecule has 3 heterocycles. The number of nitro groups is 1. The van der Waals surface area contributed by atoms with E-state index in [0.717, 1.165) is 10.0 Å². The number of fused-ring (bicyclic) bond motifs is 1. The van der Waals surface area contributed by atoms with E-state index in [-0.39, 0.29) is 18.2 Å². The number of nitrogens with zero attached hydrogens (tertiary/aromatic N) is 5. The molecule has 0 aliphatic rings. The van der Waals surface area contributed by atoms with Crippen LogP contribution < -0.4 is 5.32 Å². The minimum Gasteiger partial charge on any atom is -0.358 e. The Morgan fingerprint density at radius 2 is 2.28 bits per heavy atom. The van der Waals surface area contributed by atoms with Crippen LogP contribution in [0, 0.1) is 10.1 Å². The predicted octanol–water partition coefficient (Wildman–Crippen LogP) is 3.73. The summed E-state index contributed by atoms with van der Waals surface area (Å²) in [5.74, 6) is 0.802. The first-order valence-electron chi connectivity index (χ1n) is 7.04. The number of aromatic nitrogens is 4. The van der Waals surface area contributed by atoms with Gasteiger partial charge in [-0.15, -0.1) is 0 Å². The highest BCUT2D eigenvalue weighted by Gasteiger charge is 2.23. The average molecular weight is 421 g/mol. The second-order valence-corrected chi connectivity index (χ2v) is 6.77. The Morgan fingerprint density at radius 1 is 1.40 bits per heavy atom. The Kier molecular flexibility index (Phi) is 3.93.